The lowest BCUT2D eigenvalue weighted by atomic mass is 10.1. The van der Waals surface area contributed by atoms with E-state index in [1.165, 1.54) is 0 Å². The Hall–Kier alpha value is -1.20. The fourth-order valence-corrected chi connectivity index (χ4v) is 2.52. The van der Waals surface area contributed by atoms with Crippen molar-refractivity contribution in [2.45, 2.75) is 53.1 Å². The van der Waals surface area contributed by atoms with Crippen LogP contribution in [0.5, 0.6) is 0 Å². The molecule has 1 N–H and O–H groups in total. The van der Waals surface area contributed by atoms with Crippen LogP contribution in [0.15, 0.2) is 12.2 Å². The number of hydrogen-bond donors (Lipinski definition) is 1. The molecule has 0 radical (unpaired) electrons. The van der Waals surface area contributed by atoms with Crippen molar-refractivity contribution in [2.24, 2.45) is 11.8 Å². The third-order valence-electron chi connectivity index (χ3n) is 4.22. The van der Waals surface area contributed by atoms with E-state index < -0.39 is 0 Å². The first-order valence-corrected chi connectivity index (χ1v) is 9.21. The van der Waals surface area contributed by atoms with E-state index in [0.717, 1.165) is 38.9 Å². The summed E-state index contributed by atoms with van der Waals surface area (Å²) in [6, 6.07) is 0. The van der Waals surface area contributed by atoms with Crippen LogP contribution in [0.1, 0.15) is 47.0 Å². The summed E-state index contributed by atoms with van der Waals surface area (Å²) in [7, 11) is 0. The van der Waals surface area contributed by atoms with Gasteiger partial charge >= 0.3 is 0 Å². The van der Waals surface area contributed by atoms with Crippen LogP contribution in [0, 0.1) is 11.8 Å². The van der Waals surface area contributed by atoms with E-state index in [0.29, 0.717) is 12.5 Å². The molecule has 1 amide bonds. The number of piperidine rings is 1. The largest absolute Gasteiger partial charge is 0.370 e. The second-order valence-corrected chi connectivity index (χ2v) is 7.22. The lowest BCUT2D eigenvalue weighted by molar-refractivity contribution is -0.129. The summed E-state index contributed by atoms with van der Waals surface area (Å²) in [5.74, 6) is 0.621. The molecule has 138 valence electrons. The highest BCUT2D eigenvalue weighted by Gasteiger charge is 2.20. The zero-order chi connectivity index (χ0) is 17.9. The van der Waals surface area contributed by atoms with Crippen molar-refractivity contribution >= 4 is 11.7 Å². The maximum Gasteiger partial charge on any atom is 0.243 e. The summed E-state index contributed by atoms with van der Waals surface area (Å²) in [6.07, 6.45) is 6.66. The van der Waals surface area contributed by atoms with Crippen molar-refractivity contribution in [3.05, 3.63) is 12.2 Å². The van der Waals surface area contributed by atoms with Gasteiger partial charge in [-0.2, -0.15) is 0 Å². The molecule has 1 heterocycles. The summed E-state index contributed by atoms with van der Waals surface area (Å²) in [4.78, 5) is 25.6. The Bertz CT molecular complexity index is 411. The first-order valence-electron chi connectivity index (χ1n) is 9.21. The Morgan fingerprint density at radius 3 is 2.46 bits per heavy atom. The quantitative estimate of drug-likeness (QED) is 0.491. The van der Waals surface area contributed by atoms with Crippen molar-refractivity contribution in [3.8, 4) is 0 Å². The molecule has 0 aromatic rings. The molecule has 1 fully saturated rings. The molecule has 1 saturated heterocycles. The summed E-state index contributed by atoms with van der Waals surface area (Å²) in [6.45, 7) is 11.9. The third-order valence-corrected chi connectivity index (χ3v) is 4.22. The lowest BCUT2D eigenvalue weighted by Gasteiger charge is -2.31. The van der Waals surface area contributed by atoms with Crippen molar-refractivity contribution in [1.29, 1.82) is 0 Å². The van der Waals surface area contributed by atoms with Crippen molar-refractivity contribution in [3.63, 3.8) is 0 Å². The van der Waals surface area contributed by atoms with E-state index in [4.69, 9.17) is 4.74 Å². The Kier molecular flexibility index (Phi) is 9.88. The number of nitrogens with zero attached hydrogens (tertiary/aromatic N) is 1. The second kappa shape index (κ2) is 11.4. The van der Waals surface area contributed by atoms with E-state index in [9.17, 15) is 9.59 Å². The number of nitrogens with one attached hydrogen (secondary N) is 1. The molecule has 0 aliphatic carbocycles. The topological polar surface area (TPSA) is 58.6 Å². The SMILES string of the molecule is CC(C)/C=C/C(=O)NCCCN1CCC(OCC(=O)C(C)C)CC1. The smallest absolute Gasteiger partial charge is 0.243 e. The Morgan fingerprint density at radius 2 is 1.88 bits per heavy atom. The summed E-state index contributed by atoms with van der Waals surface area (Å²) >= 11 is 0. The summed E-state index contributed by atoms with van der Waals surface area (Å²) in [5, 5.41) is 2.92. The molecule has 0 bridgehead atoms. The van der Waals surface area contributed by atoms with Gasteiger partial charge in [-0.15, -0.1) is 0 Å². The van der Waals surface area contributed by atoms with Gasteiger partial charge in [-0.3, -0.25) is 9.59 Å². The van der Waals surface area contributed by atoms with Crippen LogP contribution in [0.25, 0.3) is 0 Å². The molecule has 24 heavy (non-hydrogen) atoms. The molecule has 0 unspecified atom stereocenters. The summed E-state index contributed by atoms with van der Waals surface area (Å²) < 4.78 is 5.72. The number of carbonyl (C=O) groups excluding carboxylic acids is 2. The predicted octanol–water partition coefficient (Wildman–Crippen LogP) is 2.41. The fourth-order valence-electron chi connectivity index (χ4n) is 2.52. The highest BCUT2D eigenvalue weighted by Crippen LogP contribution is 2.14. The molecular weight excluding hydrogens is 304 g/mol. The van der Waals surface area contributed by atoms with E-state index in [1.54, 1.807) is 6.08 Å². The predicted molar refractivity (Wildman–Crippen MR) is 96.9 cm³/mol. The number of amides is 1. The van der Waals surface area contributed by atoms with E-state index in [-0.39, 0.29) is 30.3 Å². The molecule has 0 atom stereocenters. The molecule has 5 nitrogen and oxygen atoms in total. The van der Waals surface area contributed by atoms with Crippen LogP contribution in [-0.4, -0.2) is 55.5 Å². The molecule has 0 saturated carbocycles. The Balaban J connectivity index is 2.08. The Morgan fingerprint density at radius 1 is 1.21 bits per heavy atom. The summed E-state index contributed by atoms with van der Waals surface area (Å²) in [5.41, 5.74) is 0. The number of hydrogen-bond acceptors (Lipinski definition) is 4. The van der Waals surface area contributed by atoms with Crippen LogP contribution in [0.3, 0.4) is 0 Å². The molecule has 5 heteroatoms. The third kappa shape index (κ3) is 9.18. The number of likely N-dealkylation sites (tertiary alicyclic amines) is 1. The highest BCUT2D eigenvalue weighted by atomic mass is 16.5. The number of ether oxygens (including phenoxy) is 1. The van der Waals surface area contributed by atoms with Gasteiger partial charge in [0.1, 0.15) is 6.61 Å². The van der Waals surface area contributed by atoms with Gasteiger partial charge in [0.15, 0.2) is 5.78 Å². The van der Waals surface area contributed by atoms with Gasteiger partial charge in [0.25, 0.3) is 0 Å². The Labute approximate surface area is 146 Å². The number of carbonyl (C=O) groups is 2. The van der Waals surface area contributed by atoms with Gasteiger partial charge < -0.3 is 15.0 Å². The molecule has 0 spiro atoms. The molecular formula is C19H34N2O3. The first kappa shape index (κ1) is 20.8. The maximum absolute atomic E-state index is 11.6. The van der Waals surface area contributed by atoms with Crippen LogP contribution in [-0.2, 0) is 14.3 Å². The first-order chi connectivity index (χ1) is 11.4. The number of ketones is 1. The van der Waals surface area contributed by atoms with Gasteiger partial charge in [-0.1, -0.05) is 33.8 Å². The number of rotatable bonds is 10. The zero-order valence-corrected chi connectivity index (χ0v) is 15.7. The van der Waals surface area contributed by atoms with Gasteiger partial charge in [0, 0.05) is 25.6 Å². The van der Waals surface area contributed by atoms with Gasteiger partial charge in [-0.25, -0.2) is 0 Å². The average molecular weight is 338 g/mol. The van der Waals surface area contributed by atoms with Crippen molar-refractivity contribution in [1.82, 2.24) is 10.2 Å². The van der Waals surface area contributed by atoms with E-state index in [2.05, 4.69) is 24.1 Å². The van der Waals surface area contributed by atoms with Crippen LogP contribution in [0.2, 0.25) is 0 Å². The van der Waals surface area contributed by atoms with E-state index in [1.807, 2.05) is 19.9 Å². The molecule has 0 aromatic heterocycles. The standard InChI is InChI=1S/C19H34N2O3/c1-15(2)6-7-19(23)20-10-5-11-21-12-8-17(9-13-21)24-14-18(22)16(3)4/h6-7,15-17H,5,8-14H2,1-4H3,(H,20,23)/b7-6+. The minimum atomic E-state index is -0.00868. The number of allylic oxidation sites excluding steroid dienone is 1. The molecule has 1 aliphatic rings. The zero-order valence-electron chi connectivity index (χ0n) is 15.7. The van der Waals surface area contributed by atoms with Crippen molar-refractivity contribution < 1.29 is 14.3 Å². The van der Waals surface area contributed by atoms with Crippen molar-refractivity contribution in [2.75, 3.05) is 32.8 Å². The molecule has 1 aliphatic heterocycles. The highest BCUT2D eigenvalue weighted by molar-refractivity contribution is 5.87. The maximum atomic E-state index is 11.6. The van der Waals surface area contributed by atoms with Gasteiger partial charge in [0.2, 0.25) is 5.91 Å². The minimum Gasteiger partial charge on any atom is -0.370 e. The average Bonchev–Trinajstić information content (AvgIpc) is 2.55. The van der Waals surface area contributed by atoms with Crippen LogP contribution >= 0.6 is 0 Å². The molecule has 0 aromatic carbocycles. The number of Topliss-reactive ketones (excluding diaryl/α,β-unsaturated/α-hetero) is 1. The second-order valence-electron chi connectivity index (χ2n) is 7.22. The minimum absolute atomic E-state index is 0.00868. The van der Waals surface area contributed by atoms with E-state index >= 15 is 0 Å². The molecule has 1 rings (SSSR count). The van der Waals surface area contributed by atoms with Gasteiger partial charge in [-0.05, 0) is 37.8 Å². The lowest BCUT2D eigenvalue weighted by Crippen LogP contribution is -2.39. The fraction of sp³-hybridized carbons (Fsp3) is 0.789. The van der Waals surface area contributed by atoms with Crippen LogP contribution in [0.4, 0.5) is 0 Å². The monoisotopic (exact) mass is 338 g/mol. The normalized spacial score (nSPS) is 17.1. The van der Waals surface area contributed by atoms with Gasteiger partial charge in [0.05, 0.1) is 6.10 Å². The van der Waals surface area contributed by atoms with Crippen LogP contribution < -0.4 is 5.32 Å².